The van der Waals surface area contributed by atoms with Crippen LogP contribution in [-0.2, 0) is 32.2 Å². The topological polar surface area (TPSA) is 61.4 Å². The number of fused-ring (bicyclic) bond motifs is 1. The van der Waals surface area contributed by atoms with Gasteiger partial charge in [-0.05, 0) is 42.2 Å². The second kappa shape index (κ2) is 8.07. The van der Waals surface area contributed by atoms with Crippen molar-refractivity contribution in [2.75, 3.05) is 0 Å². The second-order valence-corrected chi connectivity index (χ2v) is 10.7. The van der Waals surface area contributed by atoms with Crippen LogP contribution in [0.5, 0.6) is 0 Å². The third-order valence-electron chi connectivity index (χ3n) is 5.69. The van der Waals surface area contributed by atoms with E-state index in [-0.39, 0.29) is 0 Å². The molecule has 1 atom stereocenters. The SMILES string of the molecule is C=CCn1c(SCc2ncnn2C)nnc1-c1cc2c(s1)CCC(C(C)(C)C)C2. The average Bonchev–Trinajstić information content (AvgIpc) is 3.37. The van der Waals surface area contributed by atoms with Gasteiger partial charge in [-0.15, -0.1) is 28.1 Å². The molecule has 3 heterocycles. The molecule has 6 nitrogen and oxygen atoms in total. The van der Waals surface area contributed by atoms with Crippen molar-refractivity contribution in [2.45, 2.75) is 57.5 Å². The third kappa shape index (κ3) is 4.19. The van der Waals surface area contributed by atoms with Crippen LogP contribution >= 0.6 is 23.1 Å². The van der Waals surface area contributed by atoms with Gasteiger partial charge in [-0.2, -0.15) is 5.10 Å². The Kier molecular flexibility index (Phi) is 5.66. The normalized spacial score (nSPS) is 16.8. The first-order chi connectivity index (χ1) is 13.9. The van der Waals surface area contributed by atoms with E-state index in [1.54, 1.807) is 22.8 Å². The van der Waals surface area contributed by atoms with Crippen LogP contribution in [0.2, 0.25) is 0 Å². The van der Waals surface area contributed by atoms with Crippen LogP contribution in [0, 0.1) is 11.3 Å². The quantitative estimate of drug-likeness (QED) is 0.418. The molecule has 0 bridgehead atoms. The van der Waals surface area contributed by atoms with Crippen LogP contribution in [0.15, 0.2) is 30.2 Å². The first kappa shape index (κ1) is 20.3. The van der Waals surface area contributed by atoms with Gasteiger partial charge in [-0.25, -0.2) is 4.98 Å². The molecule has 8 heteroatoms. The predicted molar refractivity (Wildman–Crippen MR) is 119 cm³/mol. The number of hydrogen-bond donors (Lipinski definition) is 0. The first-order valence-electron chi connectivity index (χ1n) is 9.98. The van der Waals surface area contributed by atoms with E-state index in [2.05, 4.69) is 58.3 Å². The molecule has 1 unspecified atom stereocenters. The number of allylic oxidation sites excluding steroid dienone is 1. The van der Waals surface area contributed by atoms with Crippen LogP contribution in [0.25, 0.3) is 10.7 Å². The number of thiophene rings is 1. The summed E-state index contributed by atoms with van der Waals surface area (Å²) in [4.78, 5) is 7.03. The molecule has 0 aromatic carbocycles. The molecular weight excluding hydrogens is 400 g/mol. The lowest BCUT2D eigenvalue weighted by molar-refractivity contribution is 0.217. The highest BCUT2D eigenvalue weighted by Crippen LogP contribution is 2.42. The minimum Gasteiger partial charge on any atom is -0.297 e. The molecule has 1 aliphatic rings. The lowest BCUT2D eigenvalue weighted by Crippen LogP contribution is -2.26. The minimum absolute atomic E-state index is 0.353. The molecule has 0 aliphatic heterocycles. The number of hydrogen-bond acceptors (Lipinski definition) is 6. The van der Waals surface area contributed by atoms with E-state index >= 15 is 0 Å². The average molecular weight is 429 g/mol. The van der Waals surface area contributed by atoms with Gasteiger partial charge in [0.2, 0.25) is 0 Å². The lowest BCUT2D eigenvalue weighted by Gasteiger charge is -2.33. The summed E-state index contributed by atoms with van der Waals surface area (Å²) in [6.45, 7) is 11.7. The Morgan fingerprint density at radius 2 is 2.17 bits per heavy atom. The maximum Gasteiger partial charge on any atom is 0.192 e. The maximum atomic E-state index is 4.55. The maximum absolute atomic E-state index is 4.55. The summed E-state index contributed by atoms with van der Waals surface area (Å²) in [6, 6.07) is 2.35. The summed E-state index contributed by atoms with van der Waals surface area (Å²) in [5, 5.41) is 14.1. The summed E-state index contributed by atoms with van der Waals surface area (Å²) in [6.07, 6.45) is 7.10. The standard InChI is InChI=1S/C21H28N6S2/c1-6-9-27-19(24-25-20(27)28-12-18-22-13-23-26(18)5)17-11-14-10-15(21(2,3)4)7-8-16(14)29-17/h6,11,13,15H,1,7-10,12H2,2-5H3. The van der Waals surface area contributed by atoms with Crippen molar-refractivity contribution in [2.24, 2.45) is 18.4 Å². The highest BCUT2D eigenvalue weighted by atomic mass is 32.2. The molecular formula is C21H28N6S2. The van der Waals surface area contributed by atoms with Crippen molar-refractivity contribution in [3.63, 3.8) is 0 Å². The molecule has 0 radical (unpaired) electrons. The fourth-order valence-electron chi connectivity index (χ4n) is 3.82. The Morgan fingerprint density at radius 3 is 2.86 bits per heavy atom. The smallest absolute Gasteiger partial charge is 0.192 e. The van der Waals surface area contributed by atoms with Crippen molar-refractivity contribution in [1.82, 2.24) is 29.5 Å². The molecule has 3 aromatic rings. The zero-order valence-corrected chi connectivity index (χ0v) is 19.2. The van der Waals surface area contributed by atoms with E-state index in [1.165, 1.54) is 34.6 Å². The van der Waals surface area contributed by atoms with Gasteiger partial charge in [0.05, 0.1) is 10.6 Å². The molecule has 0 saturated carbocycles. The van der Waals surface area contributed by atoms with E-state index in [1.807, 2.05) is 24.5 Å². The van der Waals surface area contributed by atoms with Gasteiger partial charge in [0.25, 0.3) is 0 Å². The summed E-state index contributed by atoms with van der Waals surface area (Å²) in [5.41, 5.74) is 1.85. The van der Waals surface area contributed by atoms with Gasteiger partial charge >= 0.3 is 0 Å². The summed E-state index contributed by atoms with van der Waals surface area (Å²) in [5.74, 6) is 3.31. The van der Waals surface area contributed by atoms with Crippen molar-refractivity contribution in [3.05, 3.63) is 41.3 Å². The van der Waals surface area contributed by atoms with E-state index in [0.717, 1.165) is 22.7 Å². The fraction of sp³-hybridized carbons (Fsp3) is 0.524. The number of aromatic nitrogens is 6. The fourth-order valence-corrected chi connectivity index (χ4v) is 5.96. The number of rotatable bonds is 6. The van der Waals surface area contributed by atoms with Crippen LogP contribution in [-0.4, -0.2) is 29.5 Å². The summed E-state index contributed by atoms with van der Waals surface area (Å²) < 4.78 is 3.95. The first-order valence-corrected chi connectivity index (χ1v) is 11.8. The molecule has 29 heavy (non-hydrogen) atoms. The second-order valence-electron chi connectivity index (χ2n) is 8.66. The molecule has 154 valence electrons. The number of aryl methyl sites for hydroxylation is 2. The summed E-state index contributed by atoms with van der Waals surface area (Å²) in [7, 11) is 1.91. The number of nitrogens with zero attached hydrogens (tertiary/aromatic N) is 6. The Balaban J connectivity index is 1.59. The molecule has 0 N–H and O–H groups in total. The van der Waals surface area contributed by atoms with Gasteiger partial charge in [-0.1, -0.05) is 38.6 Å². The molecule has 4 rings (SSSR count). The Hall–Kier alpha value is -1.93. The molecule has 0 spiro atoms. The van der Waals surface area contributed by atoms with Crippen molar-refractivity contribution in [1.29, 1.82) is 0 Å². The summed E-state index contributed by atoms with van der Waals surface area (Å²) >= 11 is 3.52. The Morgan fingerprint density at radius 1 is 1.34 bits per heavy atom. The van der Waals surface area contributed by atoms with Gasteiger partial charge in [-0.3, -0.25) is 9.25 Å². The lowest BCUT2D eigenvalue weighted by atomic mass is 9.72. The molecule has 0 saturated heterocycles. The minimum atomic E-state index is 0.353. The Labute approximate surface area is 180 Å². The van der Waals surface area contributed by atoms with Gasteiger partial charge in [0, 0.05) is 18.5 Å². The van der Waals surface area contributed by atoms with Crippen molar-refractivity contribution in [3.8, 4) is 10.7 Å². The van der Waals surface area contributed by atoms with Gasteiger partial charge < -0.3 is 0 Å². The number of thioether (sulfide) groups is 1. The zero-order chi connectivity index (χ0) is 20.6. The molecule has 0 amide bonds. The molecule has 1 aliphatic carbocycles. The van der Waals surface area contributed by atoms with E-state index in [9.17, 15) is 0 Å². The highest BCUT2D eigenvalue weighted by Gasteiger charge is 2.30. The van der Waals surface area contributed by atoms with Gasteiger partial charge in [0.1, 0.15) is 12.2 Å². The van der Waals surface area contributed by atoms with Crippen LogP contribution in [0.4, 0.5) is 0 Å². The van der Waals surface area contributed by atoms with Crippen molar-refractivity contribution < 1.29 is 0 Å². The van der Waals surface area contributed by atoms with E-state index in [4.69, 9.17) is 0 Å². The zero-order valence-electron chi connectivity index (χ0n) is 17.6. The van der Waals surface area contributed by atoms with E-state index < -0.39 is 0 Å². The van der Waals surface area contributed by atoms with Crippen LogP contribution in [0.3, 0.4) is 0 Å². The van der Waals surface area contributed by atoms with Gasteiger partial charge in [0.15, 0.2) is 11.0 Å². The van der Waals surface area contributed by atoms with E-state index in [0.29, 0.717) is 17.7 Å². The third-order valence-corrected chi connectivity index (χ3v) is 7.89. The largest absolute Gasteiger partial charge is 0.297 e. The Bertz CT molecular complexity index is 1010. The predicted octanol–water partition coefficient (Wildman–Crippen LogP) is 4.76. The van der Waals surface area contributed by atoms with Crippen molar-refractivity contribution >= 4 is 23.1 Å². The molecule has 0 fully saturated rings. The molecule has 3 aromatic heterocycles. The highest BCUT2D eigenvalue weighted by molar-refractivity contribution is 7.98. The van der Waals surface area contributed by atoms with Crippen LogP contribution in [0.1, 0.15) is 43.5 Å². The monoisotopic (exact) mass is 428 g/mol. The van der Waals surface area contributed by atoms with Crippen LogP contribution < -0.4 is 0 Å².